The quantitative estimate of drug-likeness (QED) is 0.209. The monoisotopic (exact) mass is 521 g/mol. The summed E-state index contributed by atoms with van der Waals surface area (Å²) in [6, 6.07) is 15.3. The summed E-state index contributed by atoms with van der Waals surface area (Å²) < 4.78 is 11.2. The summed E-state index contributed by atoms with van der Waals surface area (Å²) in [5.74, 6) is -1.17. The third-order valence-corrected chi connectivity index (χ3v) is 6.30. The minimum Gasteiger partial charge on any atom is -0.507 e. The van der Waals surface area contributed by atoms with Crippen LogP contribution in [0.2, 0.25) is 5.02 Å². The number of Topliss-reactive ketones (excluding diaryl/α,β-unsaturated/α-hetero) is 1. The number of phenolic OH excluding ortho intramolecular Hbond substituents is 1. The van der Waals surface area contributed by atoms with Gasteiger partial charge < -0.3 is 19.7 Å². The molecule has 0 aromatic heterocycles. The Hall–Kier alpha value is -3.97. The lowest BCUT2D eigenvalue weighted by molar-refractivity contribution is -0.132. The number of halogens is 1. The Morgan fingerprint density at radius 3 is 2.38 bits per heavy atom. The number of carbonyl (C=O) groups excluding carboxylic acids is 2. The van der Waals surface area contributed by atoms with E-state index in [1.807, 2.05) is 6.92 Å². The van der Waals surface area contributed by atoms with E-state index < -0.39 is 17.7 Å². The van der Waals surface area contributed by atoms with E-state index in [-0.39, 0.29) is 22.8 Å². The summed E-state index contributed by atoms with van der Waals surface area (Å²) in [6.45, 7) is 6.43. The number of carbonyl (C=O) groups is 2. The predicted octanol–water partition coefficient (Wildman–Crippen LogP) is 6.17. The van der Waals surface area contributed by atoms with Crippen LogP contribution < -0.4 is 14.4 Å². The molecule has 1 atom stereocenters. The standard InChI is InChI=1S/C29H28ClNO6/c1-4-14-37-21-10-6-18(7-11-21)27(33)25-26(19-8-13-23(32)24(16-19)36-5-2)31(29(35)28(25)34)22-12-9-20(30)15-17(22)3/h6-13,15-16,26,32-33H,4-5,14H2,1-3H3/b27-25+. The van der Waals surface area contributed by atoms with E-state index in [1.165, 1.54) is 11.0 Å². The van der Waals surface area contributed by atoms with Crippen molar-refractivity contribution in [1.82, 2.24) is 0 Å². The van der Waals surface area contributed by atoms with Crippen LogP contribution in [0.1, 0.15) is 43.0 Å². The maximum atomic E-state index is 13.4. The first-order valence-corrected chi connectivity index (χ1v) is 12.4. The fourth-order valence-electron chi connectivity index (χ4n) is 4.34. The molecule has 1 amide bonds. The molecule has 37 heavy (non-hydrogen) atoms. The molecule has 3 aromatic carbocycles. The van der Waals surface area contributed by atoms with E-state index in [4.69, 9.17) is 21.1 Å². The van der Waals surface area contributed by atoms with Gasteiger partial charge in [0.15, 0.2) is 11.5 Å². The van der Waals surface area contributed by atoms with E-state index >= 15 is 0 Å². The Kier molecular flexibility index (Phi) is 7.74. The second kappa shape index (κ2) is 11.0. The number of anilines is 1. The first-order valence-electron chi connectivity index (χ1n) is 12.0. The molecule has 1 aliphatic rings. The highest BCUT2D eigenvalue weighted by atomic mass is 35.5. The van der Waals surface area contributed by atoms with Crippen LogP contribution in [0.4, 0.5) is 5.69 Å². The highest BCUT2D eigenvalue weighted by Gasteiger charge is 2.47. The van der Waals surface area contributed by atoms with Crippen LogP contribution in [0.25, 0.3) is 5.76 Å². The topological polar surface area (TPSA) is 96.3 Å². The van der Waals surface area contributed by atoms with Gasteiger partial charge in [0.25, 0.3) is 11.7 Å². The molecule has 2 N–H and O–H groups in total. The van der Waals surface area contributed by atoms with Gasteiger partial charge in [0.1, 0.15) is 11.5 Å². The SMILES string of the molecule is CCCOc1ccc(/C(O)=C2\C(=O)C(=O)N(c3ccc(Cl)cc3C)C2c2ccc(O)c(OCC)c2)cc1. The number of aromatic hydroxyl groups is 1. The van der Waals surface area contributed by atoms with Gasteiger partial charge in [0.2, 0.25) is 0 Å². The van der Waals surface area contributed by atoms with Gasteiger partial charge in [-0.2, -0.15) is 0 Å². The molecule has 1 heterocycles. The van der Waals surface area contributed by atoms with Crippen LogP contribution in [0.5, 0.6) is 17.2 Å². The van der Waals surface area contributed by atoms with Crippen LogP contribution in [0.15, 0.2) is 66.2 Å². The van der Waals surface area contributed by atoms with Gasteiger partial charge in [-0.1, -0.05) is 24.6 Å². The molecule has 4 rings (SSSR count). The fraction of sp³-hybridized carbons (Fsp3) is 0.241. The van der Waals surface area contributed by atoms with Crippen LogP contribution >= 0.6 is 11.6 Å². The van der Waals surface area contributed by atoms with Crippen molar-refractivity contribution in [2.24, 2.45) is 0 Å². The molecule has 8 heteroatoms. The Balaban J connectivity index is 1.90. The van der Waals surface area contributed by atoms with E-state index in [0.29, 0.717) is 46.4 Å². The molecule has 0 spiro atoms. The lowest BCUT2D eigenvalue weighted by atomic mass is 9.94. The average Bonchev–Trinajstić information content (AvgIpc) is 3.14. The molecule has 0 aliphatic carbocycles. The number of rotatable bonds is 8. The summed E-state index contributed by atoms with van der Waals surface area (Å²) in [5, 5.41) is 22.1. The van der Waals surface area contributed by atoms with Gasteiger partial charge in [-0.25, -0.2) is 0 Å². The van der Waals surface area contributed by atoms with Crippen LogP contribution in [0.3, 0.4) is 0 Å². The number of aryl methyl sites for hydroxylation is 1. The Labute approximate surface area is 220 Å². The molecule has 192 valence electrons. The van der Waals surface area contributed by atoms with Crippen LogP contribution in [-0.2, 0) is 9.59 Å². The maximum absolute atomic E-state index is 13.4. The van der Waals surface area contributed by atoms with Crippen molar-refractivity contribution >= 4 is 34.7 Å². The number of ether oxygens (including phenoxy) is 2. The number of hydrogen-bond donors (Lipinski definition) is 2. The van der Waals surface area contributed by atoms with Crippen molar-refractivity contribution in [3.8, 4) is 17.2 Å². The van der Waals surface area contributed by atoms with Crippen LogP contribution in [0, 0.1) is 6.92 Å². The van der Waals surface area contributed by atoms with Crippen molar-refractivity contribution < 1.29 is 29.3 Å². The van der Waals surface area contributed by atoms with Gasteiger partial charge in [-0.3, -0.25) is 14.5 Å². The number of phenols is 1. The predicted molar refractivity (Wildman–Crippen MR) is 142 cm³/mol. The highest BCUT2D eigenvalue weighted by Crippen LogP contribution is 2.45. The second-order valence-corrected chi connectivity index (χ2v) is 9.07. The first kappa shape index (κ1) is 26.1. The minimum absolute atomic E-state index is 0.0743. The van der Waals surface area contributed by atoms with Crippen molar-refractivity contribution in [3.63, 3.8) is 0 Å². The Morgan fingerprint density at radius 1 is 1.00 bits per heavy atom. The average molecular weight is 522 g/mol. The van der Waals surface area contributed by atoms with E-state index in [0.717, 1.165) is 6.42 Å². The molecule has 7 nitrogen and oxygen atoms in total. The fourth-order valence-corrected chi connectivity index (χ4v) is 4.57. The maximum Gasteiger partial charge on any atom is 0.300 e. The summed E-state index contributed by atoms with van der Waals surface area (Å²) in [7, 11) is 0. The molecule has 1 unspecified atom stereocenters. The molecule has 1 saturated heterocycles. The number of nitrogens with zero attached hydrogens (tertiary/aromatic N) is 1. The van der Waals surface area contributed by atoms with E-state index in [1.54, 1.807) is 68.4 Å². The number of hydrogen-bond acceptors (Lipinski definition) is 6. The molecular formula is C29H28ClNO6. The summed E-state index contributed by atoms with van der Waals surface area (Å²) >= 11 is 6.14. The van der Waals surface area contributed by atoms with Gasteiger partial charge in [0.05, 0.1) is 24.8 Å². The summed E-state index contributed by atoms with van der Waals surface area (Å²) in [5.41, 5.74) is 1.93. The zero-order valence-corrected chi connectivity index (χ0v) is 21.6. The van der Waals surface area contributed by atoms with Gasteiger partial charge >= 0.3 is 0 Å². The molecule has 0 radical (unpaired) electrons. The number of amides is 1. The molecule has 1 aliphatic heterocycles. The largest absolute Gasteiger partial charge is 0.507 e. The molecule has 3 aromatic rings. The van der Waals surface area contributed by atoms with Gasteiger partial charge in [-0.15, -0.1) is 0 Å². The van der Waals surface area contributed by atoms with Crippen molar-refractivity contribution in [2.75, 3.05) is 18.1 Å². The number of benzene rings is 3. The van der Waals surface area contributed by atoms with E-state index in [2.05, 4.69) is 0 Å². The highest BCUT2D eigenvalue weighted by molar-refractivity contribution is 6.51. The summed E-state index contributed by atoms with van der Waals surface area (Å²) in [6.07, 6.45) is 0.853. The minimum atomic E-state index is -0.976. The van der Waals surface area contributed by atoms with Gasteiger partial charge in [0, 0.05) is 16.3 Å². The molecule has 0 saturated carbocycles. The Bertz CT molecular complexity index is 1370. The normalized spacial score (nSPS) is 16.8. The number of ketones is 1. The number of aliphatic hydroxyl groups is 1. The zero-order chi connectivity index (χ0) is 26.7. The second-order valence-electron chi connectivity index (χ2n) is 8.63. The lowest BCUT2D eigenvalue weighted by Gasteiger charge is -2.27. The smallest absolute Gasteiger partial charge is 0.300 e. The molecule has 1 fully saturated rings. The van der Waals surface area contributed by atoms with Crippen molar-refractivity contribution in [2.45, 2.75) is 33.2 Å². The van der Waals surface area contributed by atoms with Gasteiger partial charge in [-0.05, 0) is 86.0 Å². The van der Waals surface area contributed by atoms with Crippen LogP contribution in [-0.4, -0.2) is 35.1 Å². The summed E-state index contributed by atoms with van der Waals surface area (Å²) in [4.78, 5) is 28.2. The van der Waals surface area contributed by atoms with Crippen molar-refractivity contribution in [1.29, 1.82) is 0 Å². The third kappa shape index (κ3) is 5.13. The zero-order valence-electron chi connectivity index (χ0n) is 20.8. The van der Waals surface area contributed by atoms with Crippen molar-refractivity contribution in [3.05, 3.63) is 87.9 Å². The van der Waals surface area contributed by atoms with E-state index in [9.17, 15) is 19.8 Å². The lowest BCUT2D eigenvalue weighted by Crippen LogP contribution is -2.30. The first-order chi connectivity index (χ1) is 17.8. The molecular weight excluding hydrogens is 494 g/mol. The Morgan fingerprint density at radius 2 is 1.73 bits per heavy atom. The molecule has 0 bridgehead atoms. The number of aliphatic hydroxyl groups excluding tert-OH is 1. The third-order valence-electron chi connectivity index (χ3n) is 6.06.